The van der Waals surface area contributed by atoms with Crippen LogP contribution in [0.25, 0.3) is 0 Å². The minimum absolute atomic E-state index is 0.0840. The van der Waals surface area contributed by atoms with Crippen molar-refractivity contribution in [2.75, 3.05) is 39.3 Å². The van der Waals surface area contributed by atoms with E-state index in [9.17, 15) is 5.11 Å². The van der Waals surface area contributed by atoms with E-state index in [0.717, 1.165) is 58.5 Å². The molecule has 3 N–H and O–H groups in total. The Morgan fingerprint density at radius 1 is 1.06 bits per heavy atom. The molecule has 4 heteroatoms. The molecular formula is C13H27N3O. The lowest BCUT2D eigenvalue weighted by atomic mass is 9.97. The van der Waals surface area contributed by atoms with Crippen molar-refractivity contribution in [3.05, 3.63) is 0 Å². The Bertz CT molecular complexity index is 229. The maximum Gasteiger partial charge on any atom is 0.0590 e. The van der Waals surface area contributed by atoms with E-state index in [4.69, 9.17) is 5.73 Å². The highest BCUT2D eigenvalue weighted by molar-refractivity contribution is 4.79. The Kier molecular flexibility index (Phi) is 4.79. The fourth-order valence-corrected chi connectivity index (χ4v) is 2.88. The third-order valence-corrected chi connectivity index (χ3v) is 4.31. The molecule has 0 aliphatic carbocycles. The minimum Gasteiger partial charge on any atom is -0.393 e. The summed E-state index contributed by atoms with van der Waals surface area (Å²) in [7, 11) is 0. The summed E-state index contributed by atoms with van der Waals surface area (Å²) in [6, 6.07) is 0.427. The Morgan fingerprint density at radius 2 is 1.65 bits per heavy atom. The van der Waals surface area contributed by atoms with Gasteiger partial charge in [-0.2, -0.15) is 0 Å². The van der Waals surface area contributed by atoms with E-state index in [1.165, 1.54) is 0 Å². The summed E-state index contributed by atoms with van der Waals surface area (Å²) in [5.41, 5.74) is 5.90. The van der Waals surface area contributed by atoms with E-state index in [2.05, 4.69) is 16.7 Å². The van der Waals surface area contributed by atoms with E-state index in [0.29, 0.717) is 12.0 Å². The average Bonchev–Trinajstić information content (AvgIpc) is 2.33. The zero-order valence-corrected chi connectivity index (χ0v) is 11.0. The molecule has 0 spiro atoms. The first-order chi connectivity index (χ1) is 8.15. The third-order valence-electron chi connectivity index (χ3n) is 4.31. The van der Waals surface area contributed by atoms with E-state index < -0.39 is 0 Å². The fourth-order valence-electron chi connectivity index (χ4n) is 2.88. The molecule has 2 heterocycles. The Balaban J connectivity index is 1.65. The molecular weight excluding hydrogens is 214 g/mol. The van der Waals surface area contributed by atoms with Crippen LogP contribution in [0, 0.1) is 5.92 Å². The molecule has 0 aromatic rings. The lowest BCUT2D eigenvalue weighted by Gasteiger charge is -2.36. The van der Waals surface area contributed by atoms with Crippen LogP contribution in [0.5, 0.6) is 0 Å². The molecule has 0 saturated carbocycles. The molecule has 0 radical (unpaired) electrons. The molecule has 2 saturated heterocycles. The van der Waals surface area contributed by atoms with E-state index in [1.54, 1.807) is 0 Å². The average molecular weight is 241 g/mol. The van der Waals surface area contributed by atoms with Crippen molar-refractivity contribution in [2.45, 2.75) is 38.3 Å². The summed E-state index contributed by atoms with van der Waals surface area (Å²) in [5, 5.41) is 9.69. The van der Waals surface area contributed by atoms with Crippen LogP contribution in [0.3, 0.4) is 0 Å². The van der Waals surface area contributed by atoms with Gasteiger partial charge in [0.1, 0.15) is 0 Å². The first-order valence-corrected chi connectivity index (χ1v) is 7.03. The predicted octanol–water partition coefficient (Wildman–Crippen LogP) is 0.112. The summed E-state index contributed by atoms with van der Waals surface area (Å²) in [6.45, 7) is 8.88. The Labute approximate surface area is 105 Å². The summed E-state index contributed by atoms with van der Waals surface area (Å²) >= 11 is 0. The number of nitrogens with two attached hydrogens (primary N) is 1. The summed E-state index contributed by atoms with van der Waals surface area (Å²) in [4.78, 5) is 5.02. The molecule has 4 nitrogen and oxygen atoms in total. The van der Waals surface area contributed by atoms with Crippen molar-refractivity contribution >= 4 is 0 Å². The lowest BCUT2D eigenvalue weighted by Crippen LogP contribution is -2.47. The minimum atomic E-state index is -0.0840. The van der Waals surface area contributed by atoms with Crippen LogP contribution in [0.1, 0.15) is 26.2 Å². The van der Waals surface area contributed by atoms with Gasteiger partial charge in [-0.1, -0.05) is 6.92 Å². The predicted molar refractivity (Wildman–Crippen MR) is 69.9 cm³/mol. The maximum absolute atomic E-state index is 9.69. The van der Waals surface area contributed by atoms with Crippen LogP contribution in [-0.2, 0) is 0 Å². The third kappa shape index (κ3) is 3.91. The van der Waals surface area contributed by atoms with Crippen LogP contribution in [0.4, 0.5) is 0 Å². The second kappa shape index (κ2) is 6.14. The molecule has 0 unspecified atom stereocenters. The van der Waals surface area contributed by atoms with Gasteiger partial charge < -0.3 is 20.6 Å². The number of hydrogen-bond donors (Lipinski definition) is 2. The van der Waals surface area contributed by atoms with Gasteiger partial charge in [-0.3, -0.25) is 0 Å². The van der Waals surface area contributed by atoms with Crippen LogP contribution >= 0.6 is 0 Å². The maximum atomic E-state index is 9.69. The van der Waals surface area contributed by atoms with Gasteiger partial charge >= 0.3 is 0 Å². The number of piperidine rings is 2. The molecule has 2 fully saturated rings. The number of hydrogen-bond acceptors (Lipinski definition) is 4. The van der Waals surface area contributed by atoms with Gasteiger partial charge in [0.05, 0.1) is 6.10 Å². The van der Waals surface area contributed by atoms with Crippen LogP contribution in [0.15, 0.2) is 0 Å². The zero-order valence-electron chi connectivity index (χ0n) is 11.0. The van der Waals surface area contributed by atoms with Gasteiger partial charge in [0.2, 0.25) is 0 Å². The van der Waals surface area contributed by atoms with Crippen molar-refractivity contribution in [3.63, 3.8) is 0 Å². The van der Waals surface area contributed by atoms with Gasteiger partial charge in [0.25, 0.3) is 0 Å². The molecule has 2 rings (SSSR count). The summed E-state index contributed by atoms with van der Waals surface area (Å²) < 4.78 is 0. The van der Waals surface area contributed by atoms with Gasteiger partial charge in [0.15, 0.2) is 0 Å². The molecule has 100 valence electrons. The number of aliphatic hydroxyl groups is 1. The number of rotatable bonds is 3. The molecule has 2 aliphatic rings. The summed E-state index contributed by atoms with van der Waals surface area (Å²) in [6.07, 6.45) is 3.15. The number of aliphatic hydroxyl groups excluding tert-OH is 1. The standard InChI is InChI=1S/C13H27N3O/c1-11-10-16(7-4-13(11)17)9-8-15-5-2-12(14)3-6-15/h11-13,17H,2-10,14H2,1H3/t11-,13-/m0/s1. The van der Waals surface area contributed by atoms with Gasteiger partial charge in [0, 0.05) is 32.2 Å². The second-order valence-corrected chi connectivity index (χ2v) is 5.81. The zero-order chi connectivity index (χ0) is 12.3. The highest BCUT2D eigenvalue weighted by Gasteiger charge is 2.24. The molecule has 0 aromatic carbocycles. The van der Waals surface area contributed by atoms with Gasteiger partial charge in [-0.05, 0) is 38.3 Å². The molecule has 0 bridgehead atoms. The SMILES string of the molecule is C[C@H]1CN(CCN2CCC(N)CC2)CC[C@@H]1O. The van der Waals surface area contributed by atoms with Gasteiger partial charge in [-0.25, -0.2) is 0 Å². The first-order valence-electron chi connectivity index (χ1n) is 7.03. The first kappa shape index (κ1) is 13.3. The van der Waals surface area contributed by atoms with E-state index in [-0.39, 0.29) is 6.10 Å². The lowest BCUT2D eigenvalue weighted by molar-refractivity contribution is 0.0304. The fraction of sp³-hybridized carbons (Fsp3) is 1.00. The number of nitrogens with zero attached hydrogens (tertiary/aromatic N) is 2. The molecule has 0 aromatic heterocycles. The molecule has 2 aliphatic heterocycles. The van der Waals surface area contributed by atoms with Crippen molar-refractivity contribution in [1.29, 1.82) is 0 Å². The van der Waals surface area contributed by atoms with E-state index >= 15 is 0 Å². The molecule has 17 heavy (non-hydrogen) atoms. The Morgan fingerprint density at radius 3 is 2.29 bits per heavy atom. The highest BCUT2D eigenvalue weighted by Crippen LogP contribution is 2.16. The summed E-state index contributed by atoms with van der Waals surface area (Å²) in [5.74, 6) is 0.429. The molecule has 0 amide bonds. The topological polar surface area (TPSA) is 52.7 Å². The quantitative estimate of drug-likeness (QED) is 0.736. The van der Waals surface area contributed by atoms with Gasteiger partial charge in [-0.15, -0.1) is 0 Å². The van der Waals surface area contributed by atoms with Crippen LogP contribution in [-0.4, -0.2) is 66.3 Å². The van der Waals surface area contributed by atoms with Crippen molar-refractivity contribution in [3.8, 4) is 0 Å². The molecule has 2 atom stereocenters. The Hall–Kier alpha value is -0.160. The highest BCUT2D eigenvalue weighted by atomic mass is 16.3. The van der Waals surface area contributed by atoms with Crippen molar-refractivity contribution < 1.29 is 5.11 Å². The largest absolute Gasteiger partial charge is 0.393 e. The number of likely N-dealkylation sites (tertiary alicyclic amines) is 2. The van der Waals surface area contributed by atoms with Crippen LogP contribution < -0.4 is 5.73 Å². The van der Waals surface area contributed by atoms with Crippen molar-refractivity contribution in [2.24, 2.45) is 11.7 Å². The van der Waals surface area contributed by atoms with Crippen molar-refractivity contribution in [1.82, 2.24) is 9.80 Å². The second-order valence-electron chi connectivity index (χ2n) is 5.81. The monoisotopic (exact) mass is 241 g/mol. The smallest absolute Gasteiger partial charge is 0.0590 e. The van der Waals surface area contributed by atoms with E-state index in [1.807, 2.05) is 0 Å². The van der Waals surface area contributed by atoms with Crippen LogP contribution in [0.2, 0.25) is 0 Å². The normalized spacial score (nSPS) is 34.1.